The number of rotatable bonds is 4. The summed E-state index contributed by atoms with van der Waals surface area (Å²) in [5.41, 5.74) is 1.62. The van der Waals surface area contributed by atoms with Crippen molar-refractivity contribution in [1.82, 2.24) is 4.98 Å². The summed E-state index contributed by atoms with van der Waals surface area (Å²) < 4.78 is 10.4. The third kappa shape index (κ3) is 3.06. The molecule has 0 aliphatic heterocycles. The van der Waals surface area contributed by atoms with Crippen LogP contribution in [0.2, 0.25) is 0 Å². The number of thiazole rings is 1. The molecule has 1 aromatic carbocycles. The third-order valence-corrected chi connectivity index (χ3v) is 4.75. The second kappa shape index (κ2) is 6.36. The summed E-state index contributed by atoms with van der Waals surface area (Å²) in [6.07, 6.45) is 4.46. The molecule has 2 aromatic rings. The van der Waals surface area contributed by atoms with Gasteiger partial charge in [-0.15, -0.1) is 11.3 Å². The van der Waals surface area contributed by atoms with E-state index in [1.807, 2.05) is 0 Å². The first-order valence-corrected chi connectivity index (χ1v) is 8.04. The van der Waals surface area contributed by atoms with Gasteiger partial charge in [-0.05, 0) is 37.8 Å². The van der Waals surface area contributed by atoms with Gasteiger partial charge in [0.1, 0.15) is 11.5 Å². The number of nitrogens with zero attached hydrogens (tertiary/aromatic N) is 1. The SMILES string of the molecule is COc1cc(OC)cc(C(=O)Nc2nc3c(s2)CCCC3)c1. The van der Waals surface area contributed by atoms with E-state index in [1.165, 1.54) is 17.7 Å². The number of ether oxygens (including phenoxy) is 2. The molecule has 0 atom stereocenters. The van der Waals surface area contributed by atoms with Crippen LogP contribution in [0.5, 0.6) is 11.5 Å². The highest BCUT2D eigenvalue weighted by Gasteiger charge is 2.17. The molecule has 1 aliphatic rings. The van der Waals surface area contributed by atoms with Gasteiger partial charge in [-0.2, -0.15) is 0 Å². The summed E-state index contributed by atoms with van der Waals surface area (Å²) in [6, 6.07) is 5.11. The van der Waals surface area contributed by atoms with Gasteiger partial charge >= 0.3 is 0 Å². The minimum Gasteiger partial charge on any atom is -0.497 e. The number of carbonyl (C=O) groups is 1. The van der Waals surface area contributed by atoms with Gasteiger partial charge in [0, 0.05) is 16.5 Å². The fraction of sp³-hybridized carbons (Fsp3) is 0.375. The van der Waals surface area contributed by atoms with Crippen molar-refractivity contribution in [3.8, 4) is 11.5 Å². The van der Waals surface area contributed by atoms with E-state index in [1.54, 1.807) is 43.8 Å². The fourth-order valence-corrected chi connectivity index (χ4v) is 3.56. The molecule has 0 unspecified atom stereocenters. The Morgan fingerprint density at radius 1 is 1.14 bits per heavy atom. The quantitative estimate of drug-likeness (QED) is 0.939. The van der Waals surface area contributed by atoms with E-state index in [9.17, 15) is 4.79 Å². The monoisotopic (exact) mass is 318 g/mol. The Labute approximate surface area is 133 Å². The molecular formula is C16H18N2O3S. The normalized spacial score (nSPS) is 13.4. The van der Waals surface area contributed by atoms with Crippen molar-refractivity contribution in [3.05, 3.63) is 34.3 Å². The van der Waals surface area contributed by atoms with Crippen LogP contribution >= 0.6 is 11.3 Å². The van der Waals surface area contributed by atoms with Crippen LogP contribution in [0.4, 0.5) is 5.13 Å². The maximum absolute atomic E-state index is 12.4. The van der Waals surface area contributed by atoms with Gasteiger partial charge in [-0.3, -0.25) is 10.1 Å². The second-order valence-corrected chi connectivity index (χ2v) is 6.24. The zero-order chi connectivity index (χ0) is 15.5. The Hall–Kier alpha value is -2.08. The molecule has 1 aromatic heterocycles. The maximum atomic E-state index is 12.4. The Morgan fingerprint density at radius 2 is 1.82 bits per heavy atom. The summed E-state index contributed by atoms with van der Waals surface area (Å²) in [4.78, 5) is 18.2. The van der Waals surface area contributed by atoms with Crippen LogP contribution in [0.3, 0.4) is 0 Å². The van der Waals surface area contributed by atoms with E-state index in [0.29, 0.717) is 22.2 Å². The van der Waals surface area contributed by atoms with Crippen molar-refractivity contribution in [2.45, 2.75) is 25.7 Å². The van der Waals surface area contributed by atoms with Gasteiger partial charge in [0.15, 0.2) is 5.13 Å². The molecule has 1 heterocycles. The minimum atomic E-state index is -0.205. The molecule has 0 spiro atoms. The number of hydrogen-bond donors (Lipinski definition) is 1. The first-order chi connectivity index (χ1) is 10.7. The molecule has 0 saturated heterocycles. The highest BCUT2D eigenvalue weighted by atomic mass is 32.1. The first kappa shape index (κ1) is 14.8. The van der Waals surface area contributed by atoms with Crippen LogP contribution in [0.1, 0.15) is 33.8 Å². The van der Waals surface area contributed by atoms with Crippen LogP contribution < -0.4 is 14.8 Å². The zero-order valence-electron chi connectivity index (χ0n) is 12.6. The van der Waals surface area contributed by atoms with E-state index in [2.05, 4.69) is 10.3 Å². The Kier molecular flexibility index (Phi) is 4.29. The van der Waals surface area contributed by atoms with Crippen molar-refractivity contribution in [1.29, 1.82) is 0 Å². The molecule has 3 rings (SSSR count). The molecule has 1 N–H and O–H groups in total. The lowest BCUT2D eigenvalue weighted by Gasteiger charge is -2.08. The van der Waals surface area contributed by atoms with E-state index >= 15 is 0 Å². The van der Waals surface area contributed by atoms with Crippen LogP contribution in [-0.2, 0) is 12.8 Å². The van der Waals surface area contributed by atoms with Gasteiger partial charge < -0.3 is 9.47 Å². The number of fused-ring (bicyclic) bond motifs is 1. The smallest absolute Gasteiger partial charge is 0.257 e. The van der Waals surface area contributed by atoms with E-state index in [-0.39, 0.29) is 5.91 Å². The number of hydrogen-bond acceptors (Lipinski definition) is 5. The molecule has 0 bridgehead atoms. The summed E-state index contributed by atoms with van der Waals surface area (Å²) in [7, 11) is 3.12. The van der Waals surface area contributed by atoms with Gasteiger partial charge in [0.2, 0.25) is 0 Å². The number of benzene rings is 1. The predicted octanol–water partition coefficient (Wildman–Crippen LogP) is 3.29. The Morgan fingerprint density at radius 3 is 2.45 bits per heavy atom. The topological polar surface area (TPSA) is 60.5 Å². The molecule has 0 saturated carbocycles. The number of amides is 1. The lowest BCUT2D eigenvalue weighted by molar-refractivity contribution is 0.102. The average molecular weight is 318 g/mol. The Bertz CT molecular complexity index is 651. The molecule has 22 heavy (non-hydrogen) atoms. The second-order valence-electron chi connectivity index (χ2n) is 5.15. The predicted molar refractivity (Wildman–Crippen MR) is 86.3 cm³/mol. The molecule has 5 nitrogen and oxygen atoms in total. The van der Waals surface area contributed by atoms with Crippen molar-refractivity contribution in [2.75, 3.05) is 19.5 Å². The van der Waals surface area contributed by atoms with Crippen LogP contribution in [0, 0.1) is 0 Å². The number of aryl methyl sites for hydroxylation is 2. The number of carbonyl (C=O) groups excluding carboxylic acids is 1. The number of aromatic nitrogens is 1. The zero-order valence-corrected chi connectivity index (χ0v) is 13.5. The molecule has 1 aliphatic carbocycles. The third-order valence-electron chi connectivity index (χ3n) is 3.68. The summed E-state index contributed by atoms with van der Waals surface area (Å²) >= 11 is 1.57. The van der Waals surface area contributed by atoms with Gasteiger partial charge in [0.25, 0.3) is 5.91 Å². The summed E-state index contributed by atoms with van der Waals surface area (Å²) in [6.45, 7) is 0. The molecule has 1 amide bonds. The van der Waals surface area contributed by atoms with Crippen molar-refractivity contribution in [2.24, 2.45) is 0 Å². The number of nitrogens with one attached hydrogen (secondary N) is 1. The highest BCUT2D eigenvalue weighted by molar-refractivity contribution is 7.15. The molecule has 0 fully saturated rings. The number of methoxy groups -OCH3 is 2. The lowest BCUT2D eigenvalue weighted by Crippen LogP contribution is -2.12. The van der Waals surface area contributed by atoms with Crippen molar-refractivity contribution < 1.29 is 14.3 Å². The fourth-order valence-electron chi connectivity index (χ4n) is 2.51. The average Bonchev–Trinajstić information content (AvgIpc) is 2.96. The molecule has 116 valence electrons. The van der Waals surface area contributed by atoms with Gasteiger partial charge in [0.05, 0.1) is 19.9 Å². The standard InChI is InChI=1S/C16H18N2O3S/c1-20-11-7-10(8-12(9-11)21-2)15(19)18-16-17-13-5-3-4-6-14(13)22-16/h7-9H,3-6H2,1-2H3,(H,17,18,19). The summed E-state index contributed by atoms with van der Waals surface area (Å²) in [5.74, 6) is 0.967. The number of anilines is 1. The largest absolute Gasteiger partial charge is 0.497 e. The molecular weight excluding hydrogens is 300 g/mol. The minimum absolute atomic E-state index is 0.205. The van der Waals surface area contributed by atoms with E-state index in [0.717, 1.165) is 18.5 Å². The molecule has 6 heteroatoms. The Balaban J connectivity index is 1.80. The first-order valence-electron chi connectivity index (χ1n) is 7.22. The van der Waals surface area contributed by atoms with Gasteiger partial charge in [-0.25, -0.2) is 4.98 Å². The van der Waals surface area contributed by atoms with Crippen LogP contribution in [0.15, 0.2) is 18.2 Å². The highest BCUT2D eigenvalue weighted by Crippen LogP contribution is 2.30. The van der Waals surface area contributed by atoms with Gasteiger partial charge in [-0.1, -0.05) is 0 Å². The summed E-state index contributed by atoms with van der Waals surface area (Å²) in [5, 5.41) is 3.54. The van der Waals surface area contributed by atoms with Crippen LogP contribution in [0.25, 0.3) is 0 Å². The van der Waals surface area contributed by atoms with E-state index < -0.39 is 0 Å². The maximum Gasteiger partial charge on any atom is 0.257 e. The lowest BCUT2D eigenvalue weighted by atomic mass is 10.0. The van der Waals surface area contributed by atoms with Crippen LogP contribution in [-0.4, -0.2) is 25.1 Å². The van der Waals surface area contributed by atoms with E-state index in [4.69, 9.17) is 9.47 Å². The van der Waals surface area contributed by atoms with Crippen molar-refractivity contribution >= 4 is 22.4 Å². The molecule has 0 radical (unpaired) electrons. The van der Waals surface area contributed by atoms with Crippen molar-refractivity contribution in [3.63, 3.8) is 0 Å².